The standard InChI is InChI=1S/C18H24N2S/c1-2-14-3-5-16(6-4-14)18(11-19)20(17-7-8-17)12-15-9-10-21-13-15/h3-6,9-10,13,17-18H,2,7-8,11-12,19H2,1H3. The molecule has 1 saturated carbocycles. The maximum absolute atomic E-state index is 6.13. The molecule has 1 fully saturated rings. The van der Waals surface area contributed by atoms with Gasteiger partial charge in [-0.2, -0.15) is 11.3 Å². The van der Waals surface area contributed by atoms with Crippen molar-refractivity contribution in [1.29, 1.82) is 0 Å². The Morgan fingerprint density at radius 3 is 2.48 bits per heavy atom. The molecular formula is C18H24N2S. The van der Waals surface area contributed by atoms with Crippen molar-refractivity contribution < 1.29 is 0 Å². The fraction of sp³-hybridized carbons (Fsp3) is 0.444. The summed E-state index contributed by atoms with van der Waals surface area (Å²) in [5.74, 6) is 0. The molecule has 1 aliphatic rings. The number of benzene rings is 1. The molecule has 0 radical (unpaired) electrons. The lowest BCUT2D eigenvalue weighted by molar-refractivity contribution is 0.182. The van der Waals surface area contributed by atoms with Crippen molar-refractivity contribution in [3.8, 4) is 0 Å². The predicted molar refractivity (Wildman–Crippen MR) is 90.5 cm³/mol. The van der Waals surface area contributed by atoms with Gasteiger partial charge in [-0.1, -0.05) is 31.2 Å². The summed E-state index contributed by atoms with van der Waals surface area (Å²) in [6.45, 7) is 3.90. The van der Waals surface area contributed by atoms with Crippen molar-refractivity contribution >= 4 is 11.3 Å². The van der Waals surface area contributed by atoms with Crippen LogP contribution < -0.4 is 5.73 Å². The monoisotopic (exact) mass is 300 g/mol. The molecule has 0 bridgehead atoms. The van der Waals surface area contributed by atoms with Crippen LogP contribution in [0.5, 0.6) is 0 Å². The van der Waals surface area contributed by atoms with Crippen LogP contribution in [0.15, 0.2) is 41.1 Å². The maximum atomic E-state index is 6.13. The molecule has 0 spiro atoms. The normalized spacial score (nSPS) is 16.3. The number of rotatable bonds is 7. The zero-order chi connectivity index (χ0) is 14.7. The molecule has 2 aromatic rings. The number of nitrogens with zero attached hydrogens (tertiary/aromatic N) is 1. The predicted octanol–water partition coefficient (Wildman–Crippen LogP) is 3.97. The third kappa shape index (κ3) is 3.54. The van der Waals surface area contributed by atoms with Crippen molar-refractivity contribution in [2.24, 2.45) is 5.73 Å². The SMILES string of the molecule is CCc1ccc(C(CN)N(Cc2ccsc2)C2CC2)cc1. The van der Waals surface area contributed by atoms with Crippen LogP contribution in [0.4, 0.5) is 0 Å². The van der Waals surface area contributed by atoms with Gasteiger partial charge in [-0.3, -0.25) is 4.90 Å². The highest BCUT2D eigenvalue weighted by molar-refractivity contribution is 7.07. The van der Waals surface area contributed by atoms with E-state index in [2.05, 4.69) is 52.9 Å². The lowest BCUT2D eigenvalue weighted by atomic mass is 10.0. The van der Waals surface area contributed by atoms with E-state index in [1.54, 1.807) is 11.3 Å². The number of hydrogen-bond acceptors (Lipinski definition) is 3. The molecule has 3 rings (SSSR count). The minimum absolute atomic E-state index is 0.336. The van der Waals surface area contributed by atoms with E-state index in [1.807, 2.05) is 0 Å². The summed E-state index contributed by atoms with van der Waals surface area (Å²) in [5.41, 5.74) is 10.3. The largest absolute Gasteiger partial charge is 0.329 e. The molecule has 1 atom stereocenters. The summed E-state index contributed by atoms with van der Waals surface area (Å²) in [4.78, 5) is 2.60. The Morgan fingerprint density at radius 1 is 1.19 bits per heavy atom. The van der Waals surface area contributed by atoms with Gasteiger partial charge in [0.25, 0.3) is 0 Å². The third-order valence-electron chi connectivity index (χ3n) is 4.36. The molecule has 3 heteroatoms. The molecule has 0 aliphatic heterocycles. The first kappa shape index (κ1) is 14.8. The summed E-state index contributed by atoms with van der Waals surface area (Å²) >= 11 is 1.78. The number of aryl methyl sites for hydroxylation is 1. The van der Waals surface area contributed by atoms with Gasteiger partial charge in [0.1, 0.15) is 0 Å². The van der Waals surface area contributed by atoms with Gasteiger partial charge in [0.2, 0.25) is 0 Å². The van der Waals surface area contributed by atoms with Gasteiger partial charge < -0.3 is 5.73 Å². The highest BCUT2D eigenvalue weighted by Gasteiger charge is 2.34. The van der Waals surface area contributed by atoms with Gasteiger partial charge in [-0.15, -0.1) is 0 Å². The van der Waals surface area contributed by atoms with E-state index >= 15 is 0 Å². The Kier molecular flexibility index (Phi) is 4.73. The first-order valence-corrected chi connectivity index (χ1v) is 8.81. The Bertz CT molecular complexity index is 543. The summed E-state index contributed by atoms with van der Waals surface area (Å²) < 4.78 is 0. The molecule has 112 valence electrons. The fourth-order valence-corrected chi connectivity index (χ4v) is 3.59. The van der Waals surface area contributed by atoms with E-state index in [4.69, 9.17) is 5.73 Å². The number of hydrogen-bond donors (Lipinski definition) is 1. The van der Waals surface area contributed by atoms with Crippen LogP contribution >= 0.6 is 11.3 Å². The zero-order valence-corrected chi connectivity index (χ0v) is 13.5. The topological polar surface area (TPSA) is 29.3 Å². The molecule has 1 heterocycles. The van der Waals surface area contributed by atoms with Crippen LogP contribution in [-0.2, 0) is 13.0 Å². The van der Waals surface area contributed by atoms with Gasteiger partial charge in [-0.05, 0) is 52.8 Å². The summed E-state index contributed by atoms with van der Waals surface area (Å²) in [6.07, 6.45) is 3.72. The van der Waals surface area contributed by atoms with E-state index in [0.29, 0.717) is 18.6 Å². The summed E-state index contributed by atoms with van der Waals surface area (Å²) in [7, 11) is 0. The molecule has 1 aromatic heterocycles. The Labute approximate surface area is 131 Å². The second-order valence-corrected chi connectivity index (χ2v) is 6.66. The maximum Gasteiger partial charge on any atom is 0.0476 e. The molecule has 21 heavy (non-hydrogen) atoms. The van der Waals surface area contributed by atoms with Crippen molar-refractivity contribution in [3.63, 3.8) is 0 Å². The molecule has 2 N–H and O–H groups in total. The highest BCUT2D eigenvalue weighted by Crippen LogP contribution is 2.35. The van der Waals surface area contributed by atoms with Crippen LogP contribution in [-0.4, -0.2) is 17.5 Å². The Morgan fingerprint density at radius 2 is 1.95 bits per heavy atom. The van der Waals surface area contributed by atoms with Gasteiger partial charge in [0.15, 0.2) is 0 Å². The van der Waals surface area contributed by atoms with Crippen molar-refractivity contribution in [1.82, 2.24) is 4.90 Å². The second kappa shape index (κ2) is 6.73. The van der Waals surface area contributed by atoms with Crippen LogP contribution in [0.1, 0.15) is 42.5 Å². The minimum atomic E-state index is 0.336. The highest BCUT2D eigenvalue weighted by atomic mass is 32.1. The fourth-order valence-electron chi connectivity index (χ4n) is 2.93. The Hall–Kier alpha value is -1.16. The molecule has 0 amide bonds. The first-order chi connectivity index (χ1) is 10.3. The van der Waals surface area contributed by atoms with Crippen LogP contribution in [0, 0.1) is 0 Å². The molecular weight excluding hydrogens is 276 g/mol. The molecule has 1 aromatic carbocycles. The van der Waals surface area contributed by atoms with Crippen molar-refractivity contribution in [2.45, 2.75) is 44.8 Å². The van der Waals surface area contributed by atoms with Crippen LogP contribution in [0.25, 0.3) is 0 Å². The minimum Gasteiger partial charge on any atom is -0.329 e. The van der Waals surface area contributed by atoms with E-state index in [0.717, 1.165) is 13.0 Å². The average Bonchev–Trinajstić information content (AvgIpc) is 3.25. The van der Waals surface area contributed by atoms with E-state index in [-0.39, 0.29) is 0 Å². The smallest absolute Gasteiger partial charge is 0.0476 e. The Balaban J connectivity index is 1.80. The average molecular weight is 300 g/mol. The van der Waals surface area contributed by atoms with E-state index < -0.39 is 0 Å². The zero-order valence-electron chi connectivity index (χ0n) is 12.7. The van der Waals surface area contributed by atoms with Crippen LogP contribution in [0.3, 0.4) is 0 Å². The second-order valence-electron chi connectivity index (χ2n) is 5.88. The van der Waals surface area contributed by atoms with Crippen LogP contribution in [0.2, 0.25) is 0 Å². The van der Waals surface area contributed by atoms with Gasteiger partial charge in [-0.25, -0.2) is 0 Å². The van der Waals surface area contributed by atoms with Gasteiger partial charge in [0, 0.05) is 25.2 Å². The lowest BCUT2D eigenvalue weighted by Gasteiger charge is -2.31. The van der Waals surface area contributed by atoms with Crippen molar-refractivity contribution in [2.75, 3.05) is 6.54 Å². The molecule has 0 saturated heterocycles. The molecule has 1 aliphatic carbocycles. The van der Waals surface area contributed by atoms with E-state index in [1.165, 1.54) is 29.5 Å². The summed E-state index contributed by atoms with van der Waals surface area (Å²) in [6, 6.07) is 12.3. The molecule has 2 nitrogen and oxygen atoms in total. The first-order valence-electron chi connectivity index (χ1n) is 7.87. The van der Waals surface area contributed by atoms with Gasteiger partial charge in [0.05, 0.1) is 0 Å². The molecule has 1 unspecified atom stereocenters. The van der Waals surface area contributed by atoms with Gasteiger partial charge >= 0.3 is 0 Å². The number of thiophene rings is 1. The quantitative estimate of drug-likeness (QED) is 0.838. The lowest BCUT2D eigenvalue weighted by Crippen LogP contribution is -2.35. The third-order valence-corrected chi connectivity index (χ3v) is 5.09. The number of nitrogens with two attached hydrogens (primary N) is 1. The summed E-state index contributed by atoms with van der Waals surface area (Å²) in [5, 5.41) is 4.41. The van der Waals surface area contributed by atoms with Crippen molar-refractivity contribution in [3.05, 3.63) is 57.8 Å². The van der Waals surface area contributed by atoms with E-state index in [9.17, 15) is 0 Å².